The first kappa shape index (κ1) is 21.7. The van der Waals surface area contributed by atoms with Gasteiger partial charge in [0.1, 0.15) is 0 Å². The molecule has 1 atom stereocenters. The van der Waals surface area contributed by atoms with E-state index < -0.39 is 10.0 Å². The topological polar surface area (TPSA) is 66.5 Å². The Labute approximate surface area is 191 Å². The molecule has 0 bridgehead atoms. The lowest BCUT2D eigenvalue weighted by Crippen LogP contribution is -2.35. The molecule has 1 heterocycles. The second-order valence-electron chi connectivity index (χ2n) is 7.59. The molecule has 5 nitrogen and oxygen atoms in total. The van der Waals surface area contributed by atoms with Crippen molar-refractivity contribution in [3.05, 3.63) is 87.4 Å². The quantitative estimate of drug-likeness (QED) is 0.527. The number of benzene rings is 3. The van der Waals surface area contributed by atoms with Crippen molar-refractivity contribution in [2.75, 3.05) is 9.62 Å². The third kappa shape index (κ3) is 4.15. The highest BCUT2D eigenvalue weighted by atomic mass is 35.5. The van der Waals surface area contributed by atoms with Gasteiger partial charge in [-0.25, -0.2) is 8.42 Å². The van der Waals surface area contributed by atoms with Crippen LogP contribution >= 0.6 is 23.2 Å². The van der Waals surface area contributed by atoms with Gasteiger partial charge >= 0.3 is 0 Å². The number of fused-ring (bicyclic) bond motifs is 1. The number of halogens is 2. The first-order valence-electron chi connectivity index (χ1n) is 9.67. The van der Waals surface area contributed by atoms with Crippen molar-refractivity contribution >= 4 is 50.5 Å². The normalized spacial score (nSPS) is 15.6. The van der Waals surface area contributed by atoms with E-state index in [9.17, 15) is 13.2 Å². The van der Waals surface area contributed by atoms with Crippen molar-refractivity contribution in [1.29, 1.82) is 0 Å². The van der Waals surface area contributed by atoms with Gasteiger partial charge in [0.2, 0.25) is 0 Å². The first-order chi connectivity index (χ1) is 14.7. The highest BCUT2D eigenvalue weighted by Gasteiger charge is 2.36. The molecule has 0 aliphatic carbocycles. The SMILES string of the molecule is Cc1ccc(S(=O)(=O)N2c3ccc(C(=O)Nc4ccc(Cl)c(Cl)c4)cc3C[C@H]2C)cc1. The molecule has 0 fully saturated rings. The second-order valence-corrected chi connectivity index (χ2v) is 10.2. The minimum atomic E-state index is -3.70. The molecule has 4 rings (SSSR count). The summed E-state index contributed by atoms with van der Waals surface area (Å²) < 4.78 is 28.0. The number of anilines is 2. The first-order valence-corrected chi connectivity index (χ1v) is 11.9. The van der Waals surface area contributed by atoms with Crippen molar-refractivity contribution in [2.24, 2.45) is 0 Å². The summed E-state index contributed by atoms with van der Waals surface area (Å²) in [6.07, 6.45) is 0.522. The van der Waals surface area contributed by atoms with Gasteiger partial charge in [0.25, 0.3) is 15.9 Å². The van der Waals surface area contributed by atoms with E-state index in [4.69, 9.17) is 23.2 Å². The van der Waals surface area contributed by atoms with Crippen molar-refractivity contribution in [3.8, 4) is 0 Å². The van der Waals surface area contributed by atoms with E-state index in [-0.39, 0.29) is 16.8 Å². The van der Waals surface area contributed by atoms with Crippen LogP contribution in [0.25, 0.3) is 0 Å². The van der Waals surface area contributed by atoms with Crippen LogP contribution in [0.1, 0.15) is 28.4 Å². The van der Waals surface area contributed by atoms with E-state index in [1.807, 2.05) is 13.8 Å². The van der Waals surface area contributed by atoms with Crippen LogP contribution in [0.3, 0.4) is 0 Å². The highest BCUT2D eigenvalue weighted by Crippen LogP contribution is 2.37. The minimum absolute atomic E-state index is 0.249. The molecular weight excluding hydrogens is 455 g/mol. The van der Waals surface area contributed by atoms with Gasteiger partial charge in [0.15, 0.2) is 0 Å². The Morgan fingerprint density at radius 2 is 1.71 bits per heavy atom. The number of nitrogens with one attached hydrogen (secondary N) is 1. The van der Waals surface area contributed by atoms with Crippen molar-refractivity contribution in [1.82, 2.24) is 0 Å². The maximum Gasteiger partial charge on any atom is 0.264 e. The van der Waals surface area contributed by atoms with E-state index >= 15 is 0 Å². The Morgan fingerprint density at radius 3 is 2.39 bits per heavy atom. The van der Waals surface area contributed by atoms with Crippen LogP contribution in [0.15, 0.2) is 65.6 Å². The lowest BCUT2D eigenvalue weighted by Gasteiger charge is -2.24. The zero-order chi connectivity index (χ0) is 22.3. The molecule has 31 heavy (non-hydrogen) atoms. The second kappa shape index (κ2) is 8.19. The Bertz CT molecular complexity index is 1270. The fourth-order valence-corrected chi connectivity index (χ4v) is 5.70. The van der Waals surface area contributed by atoms with Gasteiger partial charge in [-0.3, -0.25) is 9.10 Å². The smallest absolute Gasteiger partial charge is 0.264 e. The zero-order valence-corrected chi connectivity index (χ0v) is 19.2. The van der Waals surface area contributed by atoms with Crippen molar-refractivity contribution in [3.63, 3.8) is 0 Å². The fourth-order valence-electron chi connectivity index (χ4n) is 3.71. The van der Waals surface area contributed by atoms with Crippen LogP contribution in [0, 0.1) is 6.92 Å². The van der Waals surface area contributed by atoms with E-state index in [0.29, 0.717) is 33.4 Å². The Morgan fingerprint density at radius 1 is 1.00 bits per heavy atom. The largest absolute Gasteiger partial charge is 0.322 e. The van der Waals surface area contributed by atoms with Gasteiger partial charge in [0, 0.05) is 17.3 Å². The highest BCUT2D eigenvalue weighted by molar-refractivity contribution is 7.92. The summed E-state index contributed by atoms with van der Waals surface area (Å²) in [4.78, 5) is 13.0. The van der Waals surface area contributed by atoms with Gasteiger partial charge in [-0.05, 0) is 74.4 Å². The summed E-state index contributed by atoms with van der Waals surface area (Å²) in [6, 6.07) is 16.5. The van der Waals surface area contributed by atoms with Gasteiger partial charge in [-0.1, -0.05) is 40.9 Å². The molecule has 1 aliphatic rings. The summed E-state index contributed by atoms with van der Waals surface area (Å²) >= 11 is 11.9. The summed E-state index contributed by atoms with van der Waals surface area (Å²) in [6.45, 7) is 3.77. The molecule has 0 spiro atoms. The Balaban J connectivity index is 1.62. The molecule has 3 aromatic carbocycles. The molecule has 0 aromatic heterocycles. The average Bonchev–Trinajstić information content (AvgIpc) is 3.06. The number of sulfonamides is 1. The summed E-state index contributed by atoms with van der Waals surface area (Å²) in [7, 11) is -3.70. The standard InChI is InChI=1S/C23H20Cl2N2O3S/c1-14-3-7-19(8-4-14)31(29,30)27-15(2)11-17-12-16(5-10-22(17)27)23(28)26-18-6-9-20(24)21(25)13-18/h3-10,12-13,15H,11H2,1-2H3,(H,26,28)/t15-/m1/s1. The van der Waals surface area contributed by atoms with Crippen LogP contribution in [0.4, 0.5) is 11.4 Å². The van der Waals surface area contributed by atoms with Crippen LogP contribution in [0.2, 0.25) is 10.0 Å². The molecule has 160 valence electrons. The lowest BCUT2D eigenvalue weighted by molar-refractivity contribution is 0.102. The summed E-state index contributed by atoms with van der Waals surface area (Å²) in [5, 5.41) is 3.54. The number of nitrogens with zero attached hydrogens (tertiary/aromatic N) is 1. The summed E-state index contributed by atoms with van der Waals surface area (Å²) in [5.74, 6) is -0.311. The third-order valence-corrected chi connectivity index (χ3v) is 7.93. The minimum Gasteiger partial charge on any atom is -0.322 e. The molecule has 0 saturated carbocycles. The molecular formula is C23H20Cl2N2O3S. The van der Waals surface area contributed by atoms with Gasteiger partial charge < -0.3 is 5.32 Å². The van der Waals surface area contributed by atoms with E-state index in [1.54, 1.807) is 60.7 Å². The van der Waals surface area contributed by atoms with E-state index in [0.717, 1.165) is 11.1 Å². The van der Waals surface area contributed by atoms with Gasteiger partial charge in [-0.15, -0.1) is 0 Å². The fraction of sp³-hybridized carbons (Fsp3) is 0.174. The van der Waals surface area contributed by atoms with Crippen LogP contribution in [0.5, 0.6) is 0 Å². The van der Waals surface area contributed by atoms with E-state index in [2.05, 4.69) is 5.32 Å². The molecule has 8 heteroatoms. The van der Waals surface area contributed by atoms with Crippen molar-refractivity contribution in [2.45, 2.75) is 31.2 Å². The molecule has 0 saturated heterocycles. The number of amides is 1. The molecule has 0 radical (unpaired) electrons. The molecule has 1 aliphatic heterocycles. The number of carbonyl (C=O) groups excluding carboxylic acids is 1. The average molecular weight is 475 g/mol. The predicted molar refractivity (Wildman–Crippen MR) is 125 cm³/mol. The number of hydrogen-bond acceptors (Lipinski definition) is 3. The molecule has 0 unspecified atom stereocenters. The molecule has 1 N–H and O–H groups in total. The number of carbonyl (C=O) groups is 1. The van der Waals surface area contributed by atoms with Gasteiger partial charge in [-0.2, -0.15) is 0 Å². The van der Waals surface area contributed by atoms with Crippen molar-refractivity contribution < 1.29 is 13.2 Å². The zero-order valence-electron chi connectivity index (χ0n) is 16.9. The molecule has 1 amide bonds. The predicted octanol–water partition coefficient (Wildman–Crippen LogP) is 5.69. The van der Waals surface area contributed by atoms with Crippen LogP contribution < -0.4 is 9.62 Å². The monoisotopic (exact) mass is 474 g/mol. The van der Waals surface area contributed by atoms with Crippen LogP contribution in [-0.2, 0) is 16.4 Å². The Kier molecular flexibility index (Phi) is 5.73. The van der Waals surface area contributed by atoms with Crippen LogP contribution in [-0.4, -0.2) is 20.4 Å². The maximum absolute atomic E-state index is 13.3. The lowest BCUT2D eigenvalue weighted by atomic mass is 10.1. The number of aryl methyl sites for hydroxylation is 1. The maximum atomic E-state index is 13.3. The summed E-state index contributed by atoms with van der Waals surface area (Å²) in [5.41, 5.74) is 3.36. The Hall–Kier alpha value is -2.54. The van der Waals surface area contributed by atoms with Gasteiger partial charge in [0.05, 0.1) is 20.6 Å². The number of rotatable bonds is 4. The molecule has 3 aromatic rings. The van der Waals surface area contributed by atoms with E-state index in [1.165, 1.54) is 4.31 Å². The number of hydrogen-bond donors (Lipinski definition) is 1. The third-order valence-electron chi connectivity index (χ3n) is 5.25.